The van der Waals surface area contributed by atoms with Gasteiger partial charge in [0, 0.05) is 10.0 Å². The number of urea groups is 1. The minimum absolute atomic E-state index is 0.241. The third-order valence-electron chi connectivity index (χ3n) is 1.71. The normalized spacial score (nSPS) is 11.3. The molecule has 2 N–H and O–H groups in total. The molecule has 0 heterocycles. The topological polar surface area (TPSA) is 116 Å². The molecule has 0 aliphatic rings. The van der Waals surface area contributed by atoms with Gasteiger partial charge in [0.05, 0.1) is 6.61 Å². The first kappa shape index (κ1) is 15.0. The van der Waals surface area contributed by atoms with Gasteiger partial charge in [-0.05, 0) is 24.8 Å². The van der Waals surface area contributed by atoms with E-state index in [-0.39, 0.29) is 12.5 Å². The van der Waals surface area contributed by atoms with Gasteiger partial charge in [0.1, 0.15) is 6.17 Å². The number of ether oxygens (including phenoxy) is 1. The van der Waals surface area contributed by atoms with Crippen LogP contribution >= 0.6 is 0 Å². The number of alkyl carbamates (subject to hydrolysis) is 1. The van der Waals surface area contributed by atoms with Crippen molar-refractivity contribution >= 4 is 12.1 Å². The van der Waals surface area contributed by atoms with Crippen LogP contribution in [-0.4, -0.2) is 24.9 Å². The largest absolute Gasteiger partial charge is 0.450 e. The van der Waals surface area contributed by atoms with E-state index in [9.17, 15) is 9.59 Å². The lowest BCUT2D eigenvalue weighted by Crippen LogP contribution is -2.47. The molecule has 96 valence electrons. The molecule has 0 bridgehead atoms. The fourth-order valence-electron chi connectivity index (χ4n) is 1.16. The van der Waals surface area contributed by atoms with Crippen molar-refractivity contribution in [2.45, 2.75) is 33.4 Å². The second-order valence-electron chi connectivity index (χ2n) is 3.69. The highest BCUT2D eigenvalue weighted by Gasteiger charge is 2.16. The summed E-state index contributed by atoms with van der Waals surface area (Å²) >= 11 is 0. The monoisotopic (exact) mass is 243 g/mol. The van der Waals surface area contributed by atoms with Gasteiger partial charge in [-0.25, -0.2) is 4.79 Å². The van der Waals surface area contributed by atoms with Crippen LogP contribution in [0.25, 0.3) is 10.4 Å². The molecule has 17 heavy (non-hydrogen) atoms. The van der Waals surface area contributed by atoms with Gasteiger partial charge in [-0.1, -0.05) is 13.8 Å². The van der Waals surface area contributed by atoms with Crippen LogP contribution in [-0.2, 0) is 4.74 Å². The Bertz CT molecular complexity index is 312. The van der Waals surface area contributed by atoms with Crippen molar-refractivity contribution in [3.8, 4) is 0 Å². The molecule has 0 aromatic carbocycles. The van der Waals surface area contributed by atoms with Crippen LogP contribution in [0.3, 0.4) is 0 Å². The van der Waals surface area contributed by atoms with Crippen LogP contribution in [0.1, 0.15) is 27.2 Å². The lowest BCUT2D eigenvalue weighted by atomic mass is 10.1. The summed E-state index contributed by atoms with van der Waals surface area (Å²) in [6.45, 7) is 5.78. The maximum atomic E-state index is 11.2. The Balaban J connectivity index is 4.37. The van der Waals surface area contributed by atoms with E-state index in [0.717, 1.165) is 0 Å². The molecule has 1 atom stereocenters. The fraction of sp³-hybridized carbons (Fsp3) is 0.778. The number of carbonyl (C=O) groups excluding carboxylic acids is 2. The molecule has 0 aliphatic carbocycles. The lowest BCUT2D eigenvalue weighted by molar-refractivity contribution is 0.144. The lowest BCUT2D eigenvalue weighted by Gasteiger charge is -2.20. The SMILES string of the molecule is CCOC(=O)N[C@@H](CC(C)C)NC(=O)N=[N+]=[N-]. The summed E-state index contributed by atoms with van der Waals surface area (Å²) in [5.41, 5.74) is 8.08. The van der Waals surface area contributed by atoms with Gasteiger partial charge < -0.3 is 15.4 Å². The molecule has 8 nitrogen and oxygen atoms in total. The number of hydrogen-bond donors (Lipinski definition) is 2. The van der Waals surface area contributed by atoms with Gasteiger partial charge in [-0.15, -0.1) is 0 Å². The molecule has 0 fully saturated rings. The summed E-state index contributed by atoms with van der Waals surface area (Å²) in [7, 11) is 0. The van der Waals surface area contributed by atoms with Gasteiger partial charge in [-0.3, -0.25) is 4.79 Å². The van der Waals surface area contributed by atoms with Gasteiger partial charge in [-0.2, -0.15) is 0 Å². The number of nitrogens with zero attached hydrogens (tertiary/aromatic N) is 3. The molecule has 0 spiro atoms. The first-order chi connectivity index (χ1) is 7.99. The van der Waals surface area contributed by atoms with Crippen molar-refractivity contribution in [2.24, 2.45) is 11.0 Å². The molecule has 3 amide bonds. The quantitative estimate of drug-likeness (QED) is 0.333. The fourth-order valence-corrected chi connectivity index (χ4v) is 1.16. The Morgan fingerprint density at radius 3 is 2.53 bits per heavy atom. The second kappa shape index (κ2) is 8.23. The number of azide groups is 1. The van der Waals surface area contributed by atoms with Gasteiger partial charge >= 0.3 is 12.1 Å². The predicted molar refractivity (Wildman–Crippen MR) is 61.1 cm³/mol. The summed E-state index contributed by atoms with van der Waals surface area (Å²) in [6, 6.07) is -0.838. The third kappa shape index (κ3) is 7.92. The Labute approximate surface area is 99.3 Å². The number of rotatable bonds is 5. The second-order valence-corrected chi connectivity index (χ2v) is 3.69. The van der Waals surface area contributed by atoms with E-state index < -0.39 is 18.3 Å². The Morgan fingerprint density at radius 2 is 2.06 bits per heavy atom. The zero-order valence-electron chi connectivity index (χ0n) is 10.1. The van der Waals surface area contributed by atoms with E-state index in [2.05, 4.69) is 20.7 Å². The molecule has 0 saturated carbocycles. The maximum absolute atomic E-state index is 11.2. The molecule has 0 saturated heterocycles. The Hall–Kier alpha value is -1.95. The average molecular weight is 243 g/mol. The van der Waals surface area contributed by atoms with Crippen LogP contribution in [0.4, 0.5) is 9.59 Å². The minimum atomic E-state index is -0.838. The molecule has 0 aromatic rings. The maximum Gasteiger partial charge on any atom is 0.408 e. The standard InChI is InChI=1S/C9H17N5O3/c1-4-17-9(16)12-7(5-6(2)3)11-8(15)13-14-10/h6-7H,4-5H2,1-3H3,(H,11,15)(H,12,16)/t7-/m0/s1. The van der Waals surface area contributed by atoms with Crippen LogP contribution in [0.2, 0.25) is 0 Å². The van der Waals surface area contributed by atoms with Crippen molar-refractivity contribution in [1.29, 1.82) is 0 Å². The molecule has 0 rings (SSSR count). The first-order valence-corrected chi connectivity index (χ1v) is 5.28. The first-order valence-electron chi connectivity index (χ1n) is 5.28. The molecular weight excluding hydrogens is 226 g/mol. The van der Waals surface area contributed by atoms with E-state index in [1.807, 2.05) is 13.8 Å². The highest BCUT2D eigenvalue weighted by Crippen LogP contribution is 2.03. The van der Waals surface area contributed by atoms with Gasteiger partial charge in [0.15, 0.2) is 0 Å². The molecule has 8 heteroatoms. The predicted octanol–water partition coefficient (Wildman–Crippen LogP) is 2.12. The van der Waals surface area contributed by atoms with Crippen molar-refractivity contribution < 1.29 is 14.3 Å². The number of hydrogen-bond acceptors (Lipinski definition) is 3. The van der Waals surface area contributed by atoms with Gasteiger partial charge in [0.25, 0.3) is 0 Å². The Kier molecular flexibility index (Phi) is 7.29. The summed E-state index contributed by atoms with van der Waals surface area (Å²) in [6.07, 6.45) is -0.739. The summed E-state index contributed by atoms with van der Waals surface area (Å²) < 4.78 is 4.69. The number of carbonyl (C=O) groups is 2. The van der Waals surface area contributed by atoms with Crippen molar-refractivity contribution in [2.75, 3.05) is 6.61 Å². The summed E-state index contributed by atoms with van der Waals surface area (Å²) in [5.74, 6) is 0.244. The van der Waals surface area contributed by atoms with Crippen LogP contribution < -0.4 is 10.6 Å². The summed E-state index contributed by atoms with van der Waals surface area (Å²) in [4.78, 5) is 24.6. The number of amides is 3. The van der Waals surface area contributed by atoms with Crippen LogP contribution in [0, 0.1) is 5.92 Å². The van der Waals surface area contributed by atoms with E-state index in [1.165, 1.54) is 0 Å². The van der Waals surface area contributed by atoms with E-state index >= 15 is 0 Å². The van der Waals surface area contributed by atoms with Crippen molar-refractivity contribution in [1.82, 2.24) is 10.6 Å². The zero-order valence-corrected chi connectivity index (χ0v) is 10.1. The molecular formula is C9H17N5O3. The highest BCUT2D eigenvalue weighted by atomic mass is 16.5. The third-order valence-corrected chi connectivity index (χ3v) is 1.71. The van der Waals surface area contributed by atoms with Crippen LogP contribution in [0.15, 0.2) is 5.11 Å². The molecule has 0 unspecified atom stereocenters. The molecule has 0 radical (unpaired) electrons. The smallest absolute Gasteiger partial charge is 0.408 e. The van der Waals surface area contributed by atoms with Crippen LogP contribution in [0.5, 0.6) is 0 Å². The zero-order chi connectivity index (χ0) is 13.3. The van der Waals surface area contributed by atoms with E-state index in [1.54, 1.807) is 6.92 Å². The van der Waals surface area contributed by atoms with E-state index in [4.69, 9.17) is 10.3 Å². The highest BCUT2D eigenvalue weighted by molar-refractivity contribution is 5.76. The average Bonchev–Trinajstić information content (AvgIpc) is 2.16. The number of nitrogens with one attached hydrogen (secondary N) is 2. The van der Waals surface area contributed by atoms with Crippen molar-refractivity contribution in [3.05, 3.63) is 10.4 Å². The van der Waals surface area contributed by atoms with Gasteiger partial charge in [0.2, 0.25) is 0 Å². The van der Waals surface area contributed by atoms with Crippen molar-refractivity contribution in [3.63, 3.8) is 0 Å². The summed E-state index contributed by atoms with van der Waals surface area (Å²) in [5, 5.41) is 7.69. The molecule has 0 aliphatic heterocycles. The molecule has 0 aromatic heterocycles. The minimum Gasteiger partial charge on any atom is -0.450 e. The Morgan fingerprint density at radius 1 is 1.41 bits per heavy atom. The van der Waals surface area contributed by atoms with E-state index in [0.29, 0.717) is 6.42 Å².